The Bertz CT molecular complexity index is 1330. The van der Waals surface area contributed by atoms with Crippen molar-refractivity contribution in [1.29, 1.82) is 0 Å². The number of esters is 1. The van der Waals surface area contributed by atoms with Gasteiger partial charge in [0.05, 0.1) is 23.2 Å². The van der Waals surface area contributed by atoms with E-state index in [1.165, 1.54) is 47.3 Å². The van der Waals surface area contributed by atoms with E-state index >= 15 is 0 Å². The van der Waals surface area contributed by atoms with E-state index in [2.05, 4.69) is 5.32 Å². The fraction of sp³-hybridized carbons (Fsp3) is 0.467. The molecule has 2 aliphatic carbocycles. The fourth-order valence-corrected chi connectivity index (χ4v) is 7.97. The normalized spacial score (nSPS) is 18.6. The largest absolute Gasteiger partial charge is 0.490 e. The van der Waals surface area contributed by atoms with Crippen molar-refractivity contribution in [3.63, 3.8) is 0 Å². The number of thiocarbonyl (C=S) groups is 1. The molecule has 0 radical (unpaired) electrons. The molecule has 1 saturated carbocycles. The molecular weight excluding hydrogens is 565 g/mol. The second-order valence-electron chi connectivity index (χ2n) is 10.2. The maximum absolute atomic E-state index is 13.3. The number of fused-ring (bicyclic) bond motifs is 1. The summed E-state index contributed by atoms with van der Waals surface area (Å²) in [7, 11) is 0. The van der Waals surface area contributed by atoms with Crippen LogP contribution in [0.3, 0.4) is 0 Å². The molecule has 2 aromatic rings. The number of hydrogen-bond acceptors (Lipinski definition) is 8. The highest BCUT2D eigenvalue weighted by Gasteiger charge is 2.33. The third-order valence-corrected chi connectivity index (χ3v) is 9.98. The zero-order valence-electron chi connectivity index (χ0n) is 22.7. The SMILES string of the molecule is CCOC(=O)c1c(NC(=O)CCN2C(=O)/C(=C/c3ccccc3OC3CCCCC3)SC2=S)sc2c1CCCC2. The van der Waals surface area contributed by atoms with Gasteiger partial charge in [0, 0.05) is 23.4 Å². The summed E-state index contributed by atoms with van der Waals surface area (Å²) in [4.78, 5) is 42.0. The summed E-state index contributed by atoms with van der Waals surface area (Å²) in [6.45, 7) is 2.21. The third kappa shape index (κ3) is 6.61. The molecule has 1 saturated heterocycles. The molecule has 0 unspecified atom stereocenters. The van der Waals surface area contributed by atoms with Crippen LogP contribution in [0.2, 0.25) is 0 Å². The lowest BCUT2D eigenvalue weighted by Crippen LogP contribution is -2.31. The minimum atomic E-state index is -0.396. The Morgan fingerprint density at radius 2 is 1.90 bits per heavy atom. The molecule has 2 heterocycles. The lowest BCUT2D eigenvalue weighted by molar-refractivity contribution is -0.122. The van der Waals surface area contributed by atoms with Crippen LogP contribution in [-0.4, -0.2) is 46.3 Å². The first-order valence-electron chi connectivity index (χ1n) is 14.1. The van der Waals surface area contributed by atoms with Crippen LogP contribution in [0.4, 0.5) is 5.00 Å². The lowest BCUT2D eigenvalue weighted by atomic mass is 9.95. The van der Waals surface area contributed by atoms with Gasteiger partial charge in [-0.1, -0.05) is 48.6 Å². The second-order valence-corrected chi connectivity index (χ2v) is 13.0. The first kappa shape index (κ1) is 28.8. The highest BCUT2D eigenvalue weighted by molar-refractivity contribution is 8.26. The van der Waals surface area contributed by atoms with Gasteiger partial charge < -0.3 is 14.8 Å². The molecule has 0 atom stereocenters. The predicted octanol–water partition coefficient (Wildman–Crippen LogP) is 6.75. The zero-order chi connectivity index (χ0) is 28.1. The van der Waals surface area contributed by atoms with E-state index in [0.717, 1.165) is 60.3 Å². The summed E-state index contributed by atoms with van der Waals surface area (Å²) in [6.07, 6.45) is 11.6. The average Bonchev–Trinajstić information content (AvgIpc) is 3.44. The molecular formula is C30H34N2O5S3. The van der Waals surface area contributed by atoms with Crippen molar-refractivity contribution in [3.8, 4) is 5.75 Å². The third-order valence-electron chi connectivity index (χ3n) is 7.39. The van der Waals surface area contributed by atoms with Crippen LogP contribution in [0.15, 0.2) is 29.2 Å². The molecule has 1 aliphatic heterocycles. The number of aryl methyl sites for hydroxylation is 1. The van der Waals surface area contributed by atoms with E-state index in [9.17, 15) is 14.4 Å². The van der Waals surface area contributed by atoms with Crippen LogP contribution in [-0.2, 0) is 27.2 Å². The van der Waals surface area contributed by atoms with Gasteiger partial charge >= 0.3 is 5.97 Å². The molecule has 40 heavy (non-hydrogen) atoms. The molecule has 0 bridgehead atoms. The van der Waals surface area contributed by atoms with E-state index in [1.54, 1.807) is 6.92 Å². The number of ether oxygens (including phenoxy) is 2. The van der Waals surface area contributed by atoms with Gasteiger partial charge in [-0.05, 0) is 76.0 Å². The Balaban J connectivity index is 1.23. The molecule has 1 aromatic heterocycles. The van der Waals surface area contributed by atoms with E-state index in [-0.39, 0.29) is 37.5 Å². The van der Waals surface area contributed by atoms with Gasteiger partial charge in [-0.2, -0.15) is 0 Å². The smallest absolute Gasteiger partial charge is 0.341 e. The first-order valence-corrected chi connectivity index (χ1v) is 16.1. The van der Waals surface area contributed by atoms with Crippen LogP contribution >= 0.6 is 35.3 Å². The topological polar surface area (TPSA) is 84.9 Å². The quantitative estimate of drug-likeness (QED) is 0.194. The highest BCUT2D eigenvalue weighted by Crippen LogP contribution is 2.39. The van der Waals surface area contributed by atoms with E-state index in [0.29, 0.717) is 19.8 Å². The first-order chi connectivity index (χ1) is 19.4. The Morgan fingerprint density at radius 1 is 1.12 bits per heavy atom. The van der Waals surface area contributed by atoms with E-state index in [4.69, 9.17) is 21.7 Å². The number of carbonyl (C=O) groups is 3. The van der Waals surface area contributed by atoms with Gasteiger partial charge in [0.1, 0.15) is 15.1 Å². The fourth-order valence-electron chi connectivity index (χ4n) is 5.38. The summed E-state index contributed by atoms with van der Waals surface area (Å²) in [5, 5.41) is 3.45. The highest BCUT2D eigenvalue weighted by atomic mass is 32.2. The Morgan fingerprint density at radius 3 is 2.70 bits per heavy atom. The number of amides is 2. The van der Waals surface area contributed by atoms with Crippen LogP contribution in [0, 0.1) is 0 Å². The van der Waals surface area contributed by atoms with Gasteiger partial charge in [-0.25, -0.2) is 4.79 Å². The van der Waals surface area contributed by atoms with Crippen molar-refractivity contribution in [1.82, 2.24) is 4.90 Å². The monoisotopic (exact) mass is 598 g/mol. The molecule has 2 amide bonds. The van der Waals surface area contributed by atoms with Crippen molar-refractivity contribution in [2.24, 2.45) is 0 Å². The second kappa shape index (κ2) is 13.3. The molecule has 3 aliphatic rings. The van der Waals surface area contributed by atoms with Gasteiger partial charge in [-0.3, -0.25) is 14.5 Å². The minimum absolute atomic E-state index is 0.0614. The number of nitrogens with one attached hydrogen (secondary N) is 1. The number of anilines is 1. The van der Waals surface area contributed by atoms with E-state index in [1.807, 2.05) is 30.3 Å². The van der Waals surface area contributed by atoms with Gasteiger partial charge in [-0.15, -0.1) is 11.3 Å². The van der Waals surface area contributed by atoms with Crippen molar-refractivity contribution < 1.29 is 23.9 Å². The van der Waals surface area contributed by atoms with Crippen LogP contribution in [0.5, 0.6) is 5.75 Å². The zero-order valence-corrected chi connectivity index (χ0v) is 25.1. The Hall–Kier alpha value is -2.69. The summed E-state index contributed by atoms with van der Waals surface area (Å²) in [6, 6.07) is 7.76. The molecule has 2 fully saturated rings. The number of hydrogen-bond donors (Lipinski definition) is 1. The number of thiophene rings is 1. The predicted molar refractivity (Wildman–Crippen MR) is 164 cm³/mol. The van der Waals surface area contributed by atoms with Crippen LogP contribution in [0.1, 0.15) is 84.7 Å². The molecule has 1 N–H and O–H groups in total. The van der Waals surface area contributed by atoms with Crippen LogP contribution in [0.25, 0.3) is 6.08 Å². The average molecular weight is 599 g/mol. The van der Waals surface area contributed by atoms with Gasteiger partial charge in [0.15, 0.2) is 0 Å². The molecule has 10 heteroatoms. The van der Waals surface area contributed by atoms with Gasteiger partial charge in [0.2, 0.25) is 5.91 Å². The molecule has 212 valence electrons. The standard InChI is InChI=1S/C30H34N2O5S3/c1-2-36-29(35)26-21-13-7-9-15-23(21)39-27(26)31-25(33)16-17-32-28(34)24(40-30(32)38)18-19-10-6-8-14-22(19)37-20-11-4-3-5-12-20/h6,8,10,14,18,20H,2-5,7,9,11-13,15-17H2,1H3,(H,31,33)/b24-18-. The van der Waals surface area contributed by atoms with Gasteiger partial charge in [0.25, 0.3) is 5.91 Å². The molecule has 1 aromatic carbocycles. The number of nitrogens with zero attached hydrogens (tertiary/aromatic N) is 1. The maximum Gasteiger partial charge on any atom is 0.341 e. The van der Waals surface area contributed by atoms with Crippen molar-refractivity contribution in [2.75, 3.05) is 18.5 Å². The Kier molecular flexibility index (Phi) is 9.59. The van der Waals surface area contributed by atoms with Crippen molar-refractivity contribution >= 4 is 68.5 Å². The number of carbonyl (C=O) groups excluding carboxylic acids is 3. The summed E-state index contributed by atoms with van der Waals surface area (Å²) in [5.74, 6) is -0.107. The number of rotatable bonds is 9. The number of para-hydroxylation sites is 1. The van der Waals surface area contributed by atoms with Crippen LogP contribution < -0.4 is 10.1 Å². The Labute approximate surface area is 248 Å². The lowest BCUT2D eigenvalue weighted by Gasteiger charge is -2.23. The molecule has 5 rings (SSSR count). The van der Waals surface area contributed by atoms with E-state index < -0.39 is 5.97 Å². The number of benzene rings is 1. The summed E-state index contributed by atoms with van der Waals surface area (Å²) >= 11 is 8.20. The minimum Gasteiger partial charge on any atom is -0.490 e. The van der Waals surface area contributed by atoms with Crippen molar-refractivity contribution in [2.45, 2.75) is 77.2 Å². The molecule has 0 spiro atoms. The molecule has 7 nitrogen and oxygen atoms in total. The maximum atomic E-state index is 13.3. The summed E-state index contributed by atoms with van der Waals surface area (Å²) < 4.78 is 12.0. The number of thioether (sulfide) groups is 1. The van der Waals surface area contributed by atoms with Crippen molar-refractivity contribution in [3.05, 3.63) is 50.7 Å². The summed E-state index contributed by atoms with van der Waals surface area (Å²) in [5.41, 5.74) is 2.33.